The van der Waals surface area contributed by atoms with Gasteiger partial charge in [0.15, 0.2) is 5.76 Å². The van der Waals surface area contributed by atoms with Gasteiger partial charge >= 0.3 is 12.1 Å². The fraction of sp³-hybridized carbons (Fsp3) is 0.250. The SMILES string of the molecule is CCO/C=C(/C(=O)OC)c1ccccc1/C(ON)=C(CC)\C(=N\OC)c1ccc(OCc2cccc(C(F)(F)F)c2)cc1. The highest BCUT2D eigenvalue weighted by molar-refractivity contribution is 6.19. The predicted octanol–water partition coefficient (Wildman–Crippen LogP) is 6.90. The molecule has 0 aliphatic heterocycles. The van der Waals surface area contributed by atoms with E-state index in [0.717, 1.165) is 12.1 Å². The smallest absolute Gasteiger partial charge is 0.416 e. The van der Waals surface area contributed by atoms with Gasteiger partial charge in [0, 0.05) is 22.3 Å². The first-order valence-electron chi connectivity index (χ1n) is 13.3. The summed E-state index contributed by atoms with van der Waals surface area (Å²) in [4.78, 5) is 23.2. The zero-order valence-corrected chi connectivity index (χ0v) is 24.2. The lowest BCUT2D eigenvalue weighted by atomic mass is 9.92. The number of oxime groups is 1. The molecule has 0 unspecified atom stereocenters. The molecule has 0 aromatic heterocycles. The number of benzene rings is 3. The number of alkyl halides is 3. The van der Waals surface area contributed by atoms with Crippen LogP contribution in [0.4, 0.5) is 13.2 Å². The van der Waals surface area contributed by atoms with Crippen molar-refractivity contribution in [1.29, 1.82) is 0 Å². The molecule has 0 fully saturated rings. The molecule has 0 saturated heterocycles. The second kappa shape index (κ2) is 15.5. The van der Waals surface area contributed by atoms with E-state index < -0.39 is 17.7 Å². The van der Waals surface area contributed by atoms with Gasteiger partial charge in [-0.25, -0.2) is 4.79 Å². The van der Waals surface area contributed by atoms with Crippen molar-refractivity contribution in [3.63, 3.8) is 0 Å². The fourth-order valence-electron chi connectivity index (χ4n) is 4.23. The summed E-state index contributed by atoms with van der Waals surface area (Å²) >= 11 is 0. The third-order valence-electron chi connectivity index (χ3n) is 6.24. The number of allylic oxidation sites excluding steroid dienone is 1. The molecule has 11 heteroatoms. The van der Waals surface area contributed by atoms with Gasteiger partial charge in [-0.1, -0.05) is 48.5 Å². The van der Waals surface area contributed by atoms with Crippen molar-refractivity contribution in [3.8, 4) is 5.75 Å². The highest BCUT2D eigenvalue weighted by Crippen LogP contribution is 2.32. The molecule has 0 bridgehead atoms. The van der Waals surface area contributed by atoms with E-state index in [2.05, 4.69) is 5.16 Å². The third kappa shape index (κ3) is 8.39. The Labute approximate surface area is 248 Å². The number of rotatable bonds is 13. The normalized spacial score (nSPS) is 12.7. The van der Waals surface area contributed by atoms with Crippen molar-refractivity contribution in [1.82, 2.24) is 0 Å². The van der Waals surface area contributed by atoms with E-state index >= 15 is 0 Å². The van der Waals surface area contributed by atoms with E-state index in [-0.39, 0.29) is 17.9 Å². The molecule has 228 valence electrons. The molecule has 8 nitrogen and oxygen atoms in total. The average molecular weight is 599 g/mol. The predicted molar refractivity (Wildman–Crippen MR) is 156 cm³/mol. The maximum Gasteiger partial charge on any atom is 0.416 e. The van der Waals surface area contributed by atoms with Crippen LogP contribution in [0, 0.1) is 0 Å². The van der Waals surface area contributed by atoms with Gasteiger partial charge in [0.05, 0.1) is 25.5 Å². The molecule has 0 heterocycles. The van der Waals surface area contributed by atoms with Crippen molar-refractivity contribution < 1.29 is 41.9 Å². The Balaban J connectivity index is 1.99. The molecular weight excluding hydrogens is 565 g/mol. The van der Waals surface area contributed by atoms with Crippen molar-refractivity contribution in [2.75, 3.05) is 20.8 Å². The van der Waals surface area contributed by atoms with Crippen LogP contribution >= 0.6 is 0 Å². The number of ether oxygens (including phenoxy) is 3. The molecule has 0 saturated carbocycles. The maximum absolute atomic E-state index is 13.1. The summed E-state index contributed by atoms with van der Waals surface area (Å²) < 4.78 is 55.3. The summed E-state index contributed by atoms with van der Waals surface area (Å²) in [5, 5.41) is 4.24. The Kier molecular flexibility index (Phi) is 11.8. The van der Waals surface area contributed by atoms with Crippen LogP contribution in [0.1, 0.15) is 48.1 Å². The Morgan fingerprint density at radius 2 is 1.65 bits per heavy atom. The van der Waals surface area contributed by atoms with Gasteiger partial charge in [0.1, 0.15) is 30.8 Å². The van der Waals surface area contributed by atoms with Crippen molar-refractivity contribution in [3.05, 3.63) is 112 Å². The second-order valence-corrected chi connectivity index (χ2v) is 8.94. The molecule has 0 aliphatic carbocycles. The van der Waals surface area contributed by atoms with Crippen LogP contribution < -0.4 is 10.6 Å². The molecule has 0 atom stereocenters. The van der Waals surface area contributed by atoms with Gasteiger partial charge in [-0.15, -0.1) is 0 Å². The molecular formula is C32H33F3N2O6. The number of nitrogens with zero attached hydrogens (tertiary/aromatic N) is 1. The highest BCUT2D eigenvalue weighted by atomic mass is 19.4. The van der Waals surface area contributed by atoms with Crippen LogP contribution in [-0.2, 0) is 36.7 Å². The zero-order valence-electron chi connectivity index (χ0n) is 24.2. The maximum atomic E-state index is 13.1. The first kappa shape index (κ1) is 32.7. The lowest BCUT2D eigenvalue weighted by Gasteiger charge is -2.18. The number of carbonyl (C=O) groups is 1. The number of nitrogens with two attached hydrogens (primary N) is 1. The van der Waals surface area contributed by atoms with Crippen molar-refractivity contribution in [2.45, 2.75) is 33.1 Å². The van der Waals surface area contributed by atoms with Crippen LogP contribution in [0.25, 0.3) is 11.3 Å². The Bertz CT molecular complexity index is 1480. The Hall–Kier alpha value is -4.77. The number of hydrogen-bond donors (Lipinski definition) is 1. The molecule has 2 N–H and O–H groups in total. The first-order valence-corrected chi connectivity index (χ1v) is 13.3. The summed E-state index contributed by atoms with van der Waals surface area (Å²) in [5.41, 5.74) is 2.34. The zero-order chi connectivity index (χ0) is 31.4. The van der Waals surface area contributed by atoms with Crippen molar-refractivity contribution >= 4 is 23.0 Å². The Morgan fingerprint density at radius 3 is 2.23 bits per heavy atom. The van der Waals surface area contributed by atoms with E-state index in [1.165, 1.54) is 26.5 Å². The number of halogens is 3. The quantitative estimate of drug-likeness (QED) is 0.0751. The molecule has 0 aliphatic rings. The van der Waals surface area contributed by atoms with Crippen LogP contribution in [0.3, 0.4) is 0 Å². The van der Waals surface area contributed by atoms with Gasteiger partial charge in [-0.05, 0) is 55.3 Å². The first-order chi connectivity index (χ1) is 20.7. The topological polar surface area (TPSA) is 102 Å². The number of carbonyl (C=O) groups excluding carboxylic acids is 1. The average Bonchev–Trinajstić information content (AvgIpc) is 3.02. The van der Waals surface area contributed by atoms with Crippen molar-refractivity contribution in [2.24, 2.45) is 11.1 Å². The monoisotopic (exact) mass is 598 g/mol. The number of hydrogen-bond acceptors (Lipinski definition) is 8. The van der Waals surface area contributed by atoms with E-state index in [0.29, 0.717) is 52.3 Å². The van der Waals surface area contributed by atoms with Gasteiger partial charge in [-0.3, -0.25) is 0 Å². The second-order valence-electron chi connectivity index (χ2n) is 8.94. The number of esters is 1. The summed E-state index contributed by atoms with van der Waals surface area (Å²) in [6.07, 6.45) is -2.71. The third-order valence-corrected chi connectivity index (χ3v) is 6.24. The van der Waals surface area contributed by atoms with Crippen LogP contribution in [0.15, 0.2) is 89.8 Å². The van der Waals surface area contributed by atoms with Gasteiger partial charge in [0.2, 0.25) is 0 Å². The molecule has 0 radical (unpaired) electrons. The molecule has 43 heavy (non-hydrogen) atoms. The fourth-order valence-corrected chi connectivity index (χ4v) is 4.23. The molecule has 0 spiro atoms. The lowest BCUT2D eigenvalue weighted by molar-refractivity contribution is -0.137. The van der Waals surface area contributed by atoms with E-state index in [1.807, 2.05) is 6.92 Å². The van der Waals surface area contributed by atoms with E-state index in [1.54, 1.807) is 61.5 Å². The minimum atomic E-state index is -4.44. The van der Waals surface area contributed by atoms with Crippen LogP contribution in [0.5, 0.6) is 5.75 Å². The van der Waals surface area contributed by atoms with Crippen LogP contribution in [0.2, 0.25) is 0 Å². The summed E-state index contributed by atoms with van der Waals surface area (Å²) in [7, 11) is 2.67. The summed E-state index contributed by atoms with van der Waals surface area (Å²) in [5.74, 6) is 5.88. The molecule has 3 aromatic rings. The number of methoxy groups -OCH3 is 1. The lowest BCUT2D eigenvalue weighted by Crippen LogP contribution is -2.14. The van der Waals surface area contributed by atoms with Gasteiger partial charge in [0.25, 0.3) is 0 Å². The molecule has 3 aromatic carbocycles. The standard InChI is InChI=1S/C32H33F3N2O6/c1-5-25(30(43-36)27-13-8-7-12-26(27)28(20-41-6-2)31(38)39-3)29(37-40-4)22-14-16-24(17-15-22)42-19-21-10-9-11-23(18-21)32(33,34)35/h7-18,20H,5-6,19,36H2,1-4H3/b28-20+,30-25+,37-29+. The largest absolute Gasteiger partial charge is 0.501 e. The van der Waals surface area contributed by atoms with E-state index in [9.17, 15) is 18.0 Å². The van der Waals surface area contributed by atoms with Crippen LogP contribution in [-0.4, -0.2) is 32.5 Å². The highest BCUT2D eigenvalue weighted by Gasteiger charge is 2.30. The molecule has 0 amide bonds. The van der Waals surface area contributed by atoms with E-state index in [4.69, 9.17) is 29.8 Å². The minimum absolute atomic E-state index is 0.0534. The summed E-state index contributed by atoms with van der Waals surface area (Å²) in [6, 6.07) is 18.7. The van der Waals surface area contributed by atoms with Gasteiger partial charge in [-0.2, -0.15) is 19.1 Å². The summed E-state index contributed by atoms with van der Waals surface area (Å²) in [6.45, 7) is 3.95. The molecule has 3 rings (SSSR count). The minimum Gasteiger partial charge on any atom is -0.501 e. The van der Waals surface area contributed by atoms with Gasteiger partial charge < -0.3 is 23.9 Å². The Morgan fingerprint density at radius 1 is 0.953 bits per heavy atom.